The van der Waals surface area contributed by atoms with Crippen LogP contribution in [0.25, 0.3) is 16.7 Å². The summed E-state index contributed by atoms with van der Waals surface area (Å²) in [5.41, 5.74) is 8.49. The molecule has 0 fully saturated rings. The van der Waals surface area contributed by atoms with Crippen molar-refractivity contribution in [3.8, 4) is 11.1 Å². The Bertz CT molecular complexity index is 1240. The van der Waals surface area contributed by atoms with Gasteiger partial charge in [-0.05, 0) is 65.3 Å². The summed E-state index contributed by atoms with van der Waals surface area (Å²) < 4.78 is 0. The van der Waals surface area contributed by atoms with Gasteiger partial charge in [-0.2, -0.15) is 0 Å². The van der Waals surface area contributed by atoms with Gasteiger partial charge in [-0.15, -0.1) is 0 Å². The van der Waals surface area contributed by atoms with Crippen molar-refractivity contribution in [2.24, 2.45) is 10.9 Å². The molecule has 3 rings (SSSR count). The lowest BCUT2D eigenvalue weighted by atomic mass is 9.84. The topological polar surface area (TPSA) is 49.7 Å². The van der Waals surface area contributed by atoms with E-state index in [0.29, 0.717) is 5.56 Å². The van der Waals surface area contributed by atoms with Crippen LogP contribution in [0.5, 0.6) is 0 Å². The van der Waals surface area contributed by atoms with Crippen LogP contribution in [0.3, 0.4) is 0 Å². The number of carbonyl (C=O) groups excluding carboxylic acids is 2. The van der Waals surface area contributed by atoms with E-state index in [1.54, 1.807) is 33.0 Å². The quantitative estimate of drug-likeness (QED) is 0.489. The van der Waals surface area contributed by atoms with Gasteiger partial charge in [0.25, 0.3) is 5.91 Å². The zero-order valence-corrected chi connectivity index (χ0v) is 21.3. The second kappa shape index (κ2) is 10.6. The van der Waals surface area contributed by atoms with Gasteiger partial charge in [-0.1, -0.05) is 63.3 Å². The van der Waals surface area contributed by atoms with Gasteiger partial charge in [0.1, 0.15) is 0 Å². The summed E-state index contributed by atoms with van der Waals surface area (Å²) >= 11 is 0. The molecule has 1 aliphatic rings. The van der Waals surface area contributed by atoms with Crippen molar-refractivity contribution in [3.63, 3.8) is 0 Å². The molecule has 0 unspecified atom stereocenters. The van der Waals surface area contributed by atoms with Crippen LogP contribution in [0, 0.1) is 5.92 Å². The molecule has 176 valence electrons. The van der Waals surface area contributed by atoms with E-state index in [-0.39, 0.29) is 17.6 Å². The van der Waals surface area contributed by atoms with Gasteiger partial charge in [0.05, 0.1) is 5.71 Å². The van der Waals surface area contributed by atoms with Gasteiger partial charge in [0.2, 0.25) is 0 Å². The normalized spacial score (nSPS) is 16.0. The van der Waals surface area contributed by atoms with Gasteiger partial charge in [0, 0.05) is 37.9 Å². The minimum atomic E-state index is -0.0287. The molecule has 0 radical (unpaired) electrons. The van der Waals surface area contributed by atoms with Crippen LogP contribution >= 0.6 is 0 Å². The number of allylic oxidation sites excluding steroid dienone is 6. The number of hydrogen-bond acceptors (Lipinski definition) is 3. The SMILES string of the molecule is CCc1ccccc1-c1cc(C(=O)N(C)C)ccc1C1=CC(=NC)/C(=C(/C(C)=O)C(C)C)C=C1. The minimum Gasteiger partial charge on any atom is -0.345 e. The molecule has 0 aromatic heterocycles. The Morgan fingerprint density at radius 2 is 1.68 bits per heavy atom. The Balaban J connectivity index is 2.24. The number of Topliss-reactive ketones (excluding diaryl/α,β-unsaturated/α-hetero) is 1. The van der Waals surface area contributed by atoms with Crippen LogP contribution in [-0.4, -0.2) is 43.4 Å². The maximum absolute atomic E-state index is 12.8. The van der Waals surface area contributed by atoms with Crippen LogP contribution in [0.2, 0.25) is 0 Å². The van der Waals surface area contributed by atoms with E-state index < -0.39 is 0 Å². The second-order valence-corrected chi connectivity index (χ2v) is 9.05. The van der Waals surface area contributed by atoms with E-state index in [0.717, 1.165) is 45.5 Å². The molecule has 4 heteroatoms. The molecule has 0 saturated carbocycles. The van der Waals surface area contributed by atoms with E-state index in [1.165, 1.54) is 5.56 Å². The molecule has 2 aromatic carbocycles. The predicted molar refractivity (Wildman–Crippen MR) is 142 cm³/mol. The number of ketones is 1. The summed E-state index contributed by atoms with van der Waals surface area (Å²) in [6.45, 7) is 7.82. The maximum Gasteiger partial charge on any atom is 0.253 e. The highest BCUT2D eigenvalue weighted by Gasteiger charge is 2.22. The number of carbonyl (C=O) groups is 2. The fraction of sp³-hybridized carbons (Fsp3) is 0.300. The molecule has 0 spiro atoms. The fourth-order valence-electron chi connectivity index (χ4n) is 4.52. The van der Waals surface area contributed by atoms with Crippen LogP contribution in [0.1, 0.15) is 49.2 Å². The second-order valence-electron chi connectivity index (χ2n) is 9.05. The Morgan fingerprint density at radius 3 is 2.26 bits per heavy atom. The molecule has 1 aliphatic carbocycles. The molecule has 1 amide bonds. The molecule has 34 heavy (non-hydrogen) atoms. The minimum absolute atomic E-state index is 0.0287. The fourth-order valence-corrected chi connectivity index (χ4v) is 4.52. The van der Waals surface area contributed by atoms with E-state index in [4.69, 9.17) is 0 Å². The Kier molecular flexibility index (Phi) is 7.83. The van der Waals surface area contributed by atoms with E-state index in [2.05, 4.69) is 30.1 Å². The average Bonchev–Trinajstić information content (AvgIpc) is 2.82. The van der Waals surface area contributed by atoms with Crippen LogP contribution in [-0.2, 0) is 11.2 Å². The largest absolute Gasteiger partial charge is 0.345 e. The molecule has 2 aromatic rings. The molecule has 0 N–H and O–H groups in total. The highest BCUT2D eigenvalue weighted by molar-refractivity contribution is 6.20. The van der Waals surface area contributed by atoms with E-state index in [9.17, 15) is 9.59 Å². The van der Waals surface area contributed by atoms with Crippen molar-refractivity contribution in [2.75, 3.05) is 21.1 Å². The first-order chi connectivity index (χ1) is 16.2. The number of nitrogens with zero attached hydrogens (tertiary/aromatic N) is 2. The van der Waals surface area contributed by atoms with Crippen LogP contribution in [0.15, 0.2) is 76.8 Å². The van der Waals surface area contributed by atoms with Crippen LogP contribution < -0.4 is 0 Å². The molecular formula is C30H34N2O2. The Labute approximate surface area is 203 Å². The van der Waals surface area contributed by atoms with E-state index >= 15 is 0 Å². The van der Waals surface area contributed by atoms with Gasteiger partial charge in [-0.25, -0.2) is 0 Å². The van der Waals surface area contributed by atoms with Gasteiger partial charge in [-0.3, -0.25) is 14.6 Å². The number of aryl methyl sites for hydroxylation is 1. The molecule has 0 bridgehead atoms. The first-order valence-electron chi connectivity index (χ1n) is 11.8. The third-order valence-corrected chi connectivity index (χ3v) is 6.16. The molecule has 0 saturated heterocycles. The lowest BCUT2D eigenvalue weighted by Crippen LogP contribution is -2.21. The summed E-state index contributed by atoms with van der Waals surface area (Å²) in [6.07, 6.45) is 6.99. The number of amides is 1. The van der Waals surface area contributed by atoms with E-state index in [1.807, 2.05) is 56.3 Å². The Morgan fingerprint density at radius 1 is 0.971 bits per heavy atom. The number of hydrogen-bond donors (Lipinski definition) is 0. The van der Waals surface area contributed by atoms with Crippen molar-refractivity contribution < 1.29 is 9.59 Å². The lowest BCUT2D eigenvalue weighted by molar-refractivity contribution is -0.114. The predicted octanol–water partition coefficient (Wildman–Crippen LogP) is 6.18. The summed E-state index contributed by atoms with van der Waals surface area (Å²) in [4.78, 5) is 31.2. The van der Waals surface area contributed by atoms with Crippen molar-refractivity contribution in [2.45, 2.75) is 34.1 Å². The summed E-state index contributed by atoms with van der Waals surface area (Å²) in [6, 6.07) is 14.2. The van der Waals surface area contributed by atoms with Gasteiger partial charge < -0.3 is 4.90 Å². The maximum atomic E-state index is 12.8. The first kappa shape index (κ1) is 25.1. The van der Waals surface area contributed by atoms with Crippen molar-refractivity contribution >= 4 is 23.0 Å². The van der Waals surface area contributed by atoms with Gasteiger partial charge >= 0.3 is 0 Å². The molecule has 0 aliphatic heterocycles. The third kappa shape index (κ3) is 5.01. The van der Waals surface area contributed by atoms with Crippen LogP contribution in [0.4, 0.5) is 0 Å². The standard InChI is InChI=1S/C30H34N2O2/c1-8-21-11-9-10-12-24(21)27-17-23(30(34)32(6)7)14-15-25(27)22-13-16-26(28(18-22)31-5)29(19(2)3)20(4)33/h9-19H,8H2,1-7H3/b29-26+,31-28?. The highest BCUT2D eigenvalue weighted by atomic mass is 16.2. The number of rotatable bonds is 6. The highest BCUT2D eigenvalue weighted by Crippen LogP contribution is 2.36. The molecule has 0 atom stereocenters. The monoisotopic (exact) mass is 454 g/mol. The van der Waals surface area contributed by atoms with Crippen molar-refractivity contribution in [3.05, 3.63) is 88.5 Å². The lowest BCUT2D eigenvalue weighted by Gasteiger charge is -2.21. The van der Waals surface area contributed by atoms with Crippen molar-refractivity contribution in [1.82, 2.24) is 4.90 Å². The third-order valence-electron chi connectivity index (χ3n) is 6.16. The number of aliphatic imine (C=N–C) groups is 1. The van der Waals surface area contributed by atoms with Crippen molar-refractivity contribution in [1.29, 1.82) is 0 Å². The Hall–Kier alpha value is -3.53. The zero-order chi connectivity index (χ0) is 25.0. The summed E-state index contributed by atoms with van der Waals surface area (Å²) in [5, 5.41) is 0. The average molecular weight is 455 g/mol. The smallest absolute Gasteiger partial charge is 0.253 e. The molecular weight excluding hydrogens is 420 g/mol. The molecule has 4 nitrogen and oxygen atoms in total. The zero-order valence-electron chi connectivity index (χ0n) is 21.3. The molecule has 0 heterocycles. The summed E-state index contributed by atoms with van der Waals surface area (Å²) in [5.74, 6) is 0.142. The summed E-state index contributed by atoms with van der Waals surface area (Å²) in [7, 11) is 5.29. The first-order valence-corrected chi connectivity index (χ1v) is 11.8. The number of benzene rings is 2. The van der Waals surface area contributed by atoms with Gasteiger partial charge in [0.15, 0.2) is 5.78 Å².